The zero-order valence-electron chi connectivity index (χ0n) is 11.3. The van der Waals surface area contributed by atoms with E-state index in [1.807, 2.05) is 37.3 Å². The first kappa shape index (κ1) is 13.5. The quantitative estimate of drug-likeness (QED) is 0.830. The summed E-state index contributed by atoms with van der Waals surface area (Å²) in [5.41, 5.74) is 0. The number of nitrogens with one attached hydrogen (secondary N) is 1. The molecule has 5 heteroatoms. The maximum Gasteiger partial charge on any atom is 0.253 e. The Morgan fingerprint density at radius 3 is 2.79 bits per heavy atom. The summed E-state index contributed by atoms with van der Waals surface area (Å²) in [4.78, 5) is 0. The van der Waals surface area contributed by atoms with E-state index in [1.54, 1.807) is 0 Å². The molecule has 0 bridgehead atoms. The molecule has 1 heterocycles. The molecule has 1 unspecified atom stereocenters. The molecule has 2 rings (SSSR count). The molecule has 1 N–H and O–H groups in total. The summed E-state index contributed by atoms with van der Waals surface area (Å²) in [6, 6.07) is 9.64. The number of hydrogen-bond donors (Lipinski definition) is 1. The van der Waals surface area contributed by atoms with E-state index >= 15 is 0 Å². The Hall–Kier alpha value is -1.88. The standard InChI is InChI=1S/C14H19N3O2/c1-3-9-15-11(2)14-17-16-13(19-14)10-18-12-7-5-4-6-8-12/h4-8,11,15H,3,9-10H2,1-2H3. The van der Waals surface area contributed by atoms with Crippen LogP contribution in [0.1, 0.15) is 38.1 Å². The second kappa shape index (κ2) is 6.89. The zero-order valence-corrected chi connectivity index (χ0v) is 11.3. The van der Waals surface area contributed by atoms with E-state index < -0.39 is 0 Å². The highest BCUT2D eigenvalue weighted by molar-refractivity contribution is 5.20. The van der Waals surface area contributed by atoms with Crippen LogP contribution in [0.5, 0.6) is 5.75 Å². The lowest BCUT2D eigenvalue weighted by Crippen LogP contribution is -2.19. The summed E-state index contributed by atoms with van der Waals surface area (Å²) in [5, 5.41) is 11.3. The summed E-state index contributed by atoms with van der Waals surface area (Å²) in [6.45, 7) is 5.34. The van der Waals surface area contributed by atoms with Gasteiger partial charge in [-0.05, 0) is 32.0 Å². The van der Waals surface area contributed by atoms with E-state index in [9.17, 15) is 0 Å². The fraction of sp³-hybridized carbons (Fsp3) is 0.429. The Labute approximate surface area is 113 Å². The second-order valence-electron chi connectivity index (χ2n) is 4.31. The molecule has 1 atom stereocenters. The Morgan fingerprint density at radius 1 is 1.26 bits per heavy atom. The molecule has 0 saturated carbocycles. The Morgan fingerprint density at radius 2 is 2.05 bits per heavy atom. The van der Waals surface area contributed by atoms with Crippen molar-refractivity contribution in [2.75, 3.05) is 6.54 Å². The number of aromatic nitrogens is 2. The molecule has 19 heavy (non-hydrogen) atoms. The molecule has 0 radical (unpaired) electrons. The van der Waals surface area contributed by atoms with Crippen LogP contribution in [0.3, 0.4) is 0 Å². The molecular weight excluding hydrogens is 242 g/mol. The van der Waals surface area contributed by atoms with Gasteiger partial charge in [-0.2, -0.15) is 0 Å². The highest BCUT2D eigenvalue weighted by Gasteiger charge is 2.13. The maximum absolute atomic E-state index is 5.55. The number of benzene rings is 1. The fourth-order valence-electron chi connectivity index (χ4n) is 1.61. The predicted octanol–water partition coefficient (Wildman–Crippen LogP) is 2.71. The number of para-hydroxylation sites is 1. The molecule has 0 aliphatic carbocycles. The molecule has 0 fully saturated rings. The molecule has 0 spiro atoms. The highest BCUT2D eigenvalue weighted by Crippen LogP contribution is 2.13. The summed E-state index contributed by atoms with van der Waals surface area (Å²) in [6.07, 6.45) is 1.07. The van der Waals surface area contributed by atoms with Crippen LogP contribution >= 0.6 is 0 Å². The van der Waals surface area contributed by atoms with Crippen LogP contribution in [0, 0.1) is 0 Å². The van der Waals surface area contributed by atoms with Gasteiger partial charge in [0, 0.05) is 0 Å². The van der Waals surface area contributed by atoms with Crippen LogP contribution in [0.15, 0.2) is 34.7 Å². The van der Waals surface area contributed by atoms with Gasteiger partial charge in [0.05, 0.1) is 6.04 Å². The second-order valence-corrected chi connectivity index (χ2v) is 4.31. The summed E-state index contributed by atoms with van der Waals surface area (Å²) in [7, 11) is 0. The van der Waals surface area contributed by atoms with Crippen molar-refractivity contribution in [1.29, 1.82) is 0 Å². The average molecular weight is 261 g/mol. The molecule has 102 valence electrons. The van der Waals surface area contributed by atoms with Crippen molar-refractivity contribution >= 4 is 0 Å². The number of ether oxygens (including phenoxy) is 1. The van der Waals surface area contributed by atoms with Crippen LogP contribution in [0.4, 0.5) is 0 Å². The van der Waals surface area contributed by atoms with Crippen molar-refractivity contribution in [3.05, 3.63) is 42.1 Å². The van der Waals surface area contributed by atoms with E-state index in [-0.39, 0.29) is 12.6 Å². The molecule has 0 amide bonds. The van der Waals surface area contributed by atoms with E-state index in [1.165, 1.54) is 0 Å². The monoisotopic (exact) mass is 261 g/mol. The summed E-state index contributed by atoms with van der Waals surface area (Å²) in [5.74, 6) is 1.88. The van der Waals surface area contributed by atoms with Crippen molar-refractivity contribution in [2.24, 2.45) is 0 Å². The lowest BCUT2D eigenvalue weighted by molar-refractivity contribution is 0.255. The fourth-order valence-corrected chi connectivity index (χ4v) is 1.61. The van der Waals surface area contributed by atoms with E-state index in [0.29, 0.717) is 11.8 Å². The molecule has 1 aromatic heterocycles. The van der Waals surface area contributed by atoms with Crippen molar-refractivity contribution in [3.63, 3.8) is 0 Å². The van der Waals surface area contributed by atoms with Gasteiger partial charge in [0.2, 0.25) is 5.89 Å². The number of rotatable bonds is 7. The normalized spacial score (nSPS) is 12.3. The summed E-state index contributed by atoms with van der Waals surface area (Å²) < 4.78 is 11.1. The van der Waals surface area contributed by atoms with Gasteiger partial charge in [0.15, 0.2) is 6.61 Å². The van der Waals surface area contributed by atoms with Crippen molar-refractivity contribution in [2.45, 2.75) is 32.9 Å². The Kier molecular flexibility index (Phi) is 4.92. The van der Waals surface area contributed by atoms with Gasteiger partial charge in [0.25, 0.3) is 5.89 Å². The highest BCUT2D eigenvalue weighted by atomic mass is 16.5. The van der Waals surface area contributed by atoms with Gasteiger partial charge in [-0.3, -0.25) is 0 Å². The first-order valence-electron chi connectivity index (χ1n) is 6.53. The van der Waals surface area contributed by atoms with Crippen LogP contribution in [0.2, 0.25) is 0 Å². The van der Waals surface area contributed by atoms with Gasteiger partial charge < -0.3 is 14.5 Å². The Balaban J connectivity index is 1.87. The van der Waals surface area contributed by atoms with Gasteiger partial charge in [-0.1, -0.05) is 25.1 Å². The minimum absolute atomic E-state index is 0.0675. The van der Waals surface area contributed by atoms with Gasteiger partial charge >= 0.3 is 0 Å². The van der Waals surface area contributed by atoms with Crippen LogP contribution in [-0.2, 0) is 6.61 Å². The maximum atomic E-state index is 5.55. The third kappa shape index (κ3) is 4.06. The minimum atomic E-state index is 0.0675. The van der Waals surface area contributed by atoms with Crippen molar-refractivity contribution in [3.8, 4) is 5.75 Å². The zero-order chi connectivity index (χ0) is 13.5. The molecule has 0 aliphatic heterocycles. The smallest absolute Gasteiger partial charge is 0.253 e. The summed E-state index contributed by atoms with van der Waals surface area (Å²) >= 11 is 0. The molecule has 0 aliphatic rings. The third-order valence-corrected chi connectivity index (χ3v) is 2.66. The number of nitrogens with zero attached hydrogens (tertiary/aromatic N) is 2. The van der Waals surface area contributed by atoms with Crippen molar-refractivity contribution < 1.29 is 9.15 Å². The molecule has 2 aromatic rings. The topological polar surface area (TPSA) is 60.2 Å². The minimum Gasteiger partial charge on any atom is -0.484 e. The van der Waals surface area contributed by atoms with Crippen LogP contribution < -0.4 is 10.1 Å². The van der Waals surface area contributed by atoms with E-state index in [0.717, 1.165) is 18.7 Å². The third-order valence-electron chi connectivity index (χ3n) is 2.66. The van der Waals surface area contributed by atoms with Gasteiger partial charge in [0.1, 0.15) is 5.75 Å². The van der Waals surface area contributed by atoms with Crippen molar-refractivity contribution in [1.82, 2.24) is 15.5 Å². The largest absolute Gasteiger partial charge is 0.484 e. The first-order valence-corrected chi connectivity index (χ1v) is 6.53. The van der Waals surface area contributed by atoms with E-state index in [2.05, 4.69) is 22.4 Å². The first-order chi connectivity index (χ1) is 9.29. The number of hydrogen-bond acceptors (Lipinski definition) is 5. The Bertz CT molecular complexity index is 484. The predicted molar refractivity (Wildman–Crippen MR) is 71.8 cm³/mol. The van der Waals surface area contributed by atoms with Gasteiger partial charge in [-0.15, -0.1) is 10.2 Å². The SMILES string of the molecule is CCCNC(C)c1nnc(COc2ccccc2)o1. The van der Waals surface area contributed by atoms with E-state index in [4.69, 9.17) is 9.15 Å². The molecular formula is C14H19N3O2. The van der Waals surface area contributed by atoms with Crippen LogP contribution in [0.25, 0.3) is 0 Å². The lowest BCUT2D eigenvalue weighted by atomic mass is 10.3. The van der Waals surface area contributed by atoms with Gasteiger partial charge in [-0.25, -0.2) is 0 Å². The van der Waals surface area contributed by atoms with Crippen LogP contribution in [-0.4, -0.2) is 16.7 Å². The molecule has 1 aromatic carbocycles. The molecule has 5 nitrogen and oxygen atoms in total. The molecule has 0 saturated heterocycles. The lowest BCUT2D eigenvalue weighted by Gasteiger charge is -2.07. The average Bonchev–Trinajstić information content (AvgIpc) is 2.92.